The zero-order valence-electron chi connectivity index (χ0n) is 7.65. The maximum atomic E-state index is 5.83. The second kappa shape index (κ2) is 5.51. The molecule has 0 aliphatic carbocycles. The Morgan fingerprint density at radius 1 is 1.00 bits per heavy atom. The van der Waals surface area contributed by atoms with Gasteiger partial charge in [-0.05, 0) is 0 Å². The summed E-state index contributed by atoms with van der Waals surface area (Å²) in [5.74, 6) is 0. The first-order valence-electron chi connectivity index (χ1n) is 4.06. The van der Waals surface area contributed by atoms with Gasteiger partial charge in [-0.3, -0.25) is 0 Å². The summed E-state index contributed by atoms with van der Waals surface area (Å²) in [5.41, 5.74) is 0. The number of halogens is 3. The summed E-state index contributed by atoms with van der Waals surface area (Å²) >= 11 is 0. The molecule has 0 bridgehead atoms. The molecule has 12 heavy (non-hydrogen) atoms. The molecule has 74 valence electrons. The van der Waals surface area contributed by atoms with Crippen molar-refractivity contribution in [3.8, 4) is 0 Å². The van der Waals surface area contributed by atoms with Crippen molar-refractivity contribution < 1.29 is 0 Å². The summed E-state index contributed by atoms with van der Waals surface area (Å²) in [6.45, 7) is 6.43. The number of hydrogen-bond donors (Lipinski definition) is 0. The van der Waals surface area contributed by atoms with Gasteiger partial charge in [0.15, 0.2) is 0 Å². The van der Waals surface area contributed by atoms with Crippen LogP contribution in [0.15, 0.2) is 3.70 Å². The third-order valence-electron chi connectivity index (χ3n) is 2.09. The summed E-state index contributed by atoms with van der Waals surface area (Å²) in [4.78, 5) is 0. The Hall–Kier alpha value is 1.64. The fourth-order valence-corrected chi connectivity index (χ4v) is 16.6. The Bertz CT molecular complexity index is 171. The molecule has 0 N–H and O–H groups in total. The summed E-state index contributed by atoms with van der Waals surface area (Å²) in [6, 6.07) is 0. The minimum absolute atomic E-state index is 1.07. The Morgan fingerprint density at radius 3 is 1.42 bits per heavy atom. The van der Waals surface area contributed by atoms with Crippen LogP contribution < -0.4 is 0 Å². The Labute approximate surface area is 90.4 Å². The molecule has 0 amide bonds. The van der Waals surface area contributed by atoms with Crippen LogP contribution in [0.2, 0.25) is 0 Å². The topological polar surface area (TPSA) is 12.4 Å². The van der Waals surface area contributed by atoms with E-state index in [1.54, 1.807) is 0 Å². The van der Waals surface area contributed by atoms with Crippen molar-refractivity contribution in [1.82, 2.24) is 0 Å². The molecule has 0 heterocycles. The molecule has 6 heteroatoms. The average molecular weight is 311 g/mol. The predicted molar refractivity (Wildman–Crippen MR) is 64.3 cm³/mol. The average Bonchev–Trinajstić information content (AvgIpc) is 1.99. The Morgan fingerprint density at radius 2 is 1.33 bits per heavy atom. The summed E-state index contributed by atoms with van der Waals surface area (Å²) in [7, 11) is 13.0. The van der Waals surface area contributed by atoms with Crippen LogP contribution in [-0.2, 0) is 0 Å². The second-order valence-electron chi connectivity index (χ2n) is 2.61. The summed E-state index contributed by atoms with van der Waals surface area (Å²) in [6.07, 6.45) is 3.21. The van der Waals surface area contributed by atoms with Crippen molar-refractivity contribution in [1.29, 1.82) is 0 Å². The molecule has 0 aromatic heterocycles. The molecule has 0 fully saturated rings. The zero-order chi connectivity index (χ0) is 9.83. The van der Waals surface area contributed by atoms with E-state index in [9.17, 15) is 0 Å². The molecule has 0 spiro atoms. The van der Waals surface area contributed by atoms with E-state index in [0.717, 1.165) is 18.5 Å². The van der Waals surface area contributed by atoms with Gasteiger partial charge in [-0.1, -0.05) is 0 Å². The Balaban J connectivity index is 4.82. The predicted octanol–water partition coefficient (Wildman–Crippen LogP) is 4.40. The standard InChI is InChI=1S/C6H15Cl3GeNP/c1-4-12(5-2,6-3)11-10(7,8)9/h4-6H2,1-3H3. The third-order valence-corrected chi connectivity index (χ3v) is 13.9. The number of rotatable bonds is 4. The summed E-state index contributed by atoms with van der Waals surface area (Å²) < 4.78 is 4.49. The first-order valence-corrected chi connectivity index (χ1v) is 15.6. The quantitative estimate of drug-likeness (QED) is 0.539. The Kier molecular flexibility index (Phi) is 6.26. The van der Waals surface area contributed by atoms with Crippen LogP contribution in [0.25, 0.3) is 0 Å². The van der Waals surface area contributed by atoms with Gasteiger partial charge >= 0.3 is 90.7 Å². The number of nitrogens with zero attached hydrogens (tertiary/aromatic N) is 1. The third kappa shape index (κ3) is 4.76. The van der Waals surface area contributed by atoms with E-state index in [2.05, 4.69) is 24.5 Å². The van der Waals surface area contributed by atoms with Crippen LogP contribution in [-0.4, -0.2) is 29.2 Å². The fourth-order valence-electron chi connectivity index (χ4n) is 1.12. The van der Waals surface area contributed by atoms with Crippen molar-refractivity contribution in [3.63, 3.8) is 0 Å². The van der Waals surface area contributed by atoms with Crippen molar-refractivity contribution in [2.24, 2.45) is 3.70 Å². The van der Waals surface area contributed by atoms with Crippen LogP contribution in [0, 0.1) is 0 Å². The molecule has 0 atom stereocenters. The zero-order valence-corrected chi connectivity index (χ0v) is 12.9. The first kappa shape index (κ1) is 13.6. The molecule has 0 aliphatic rings. The van der Waals surface area contributed by atoms with E-state index in [4.69, 9.17) is 30.0 Å². The molecule has 1 nitrogen and oxygen atoms in total. The summed E-state index contributed by atoms with van der Waals surface area (Å²) in [5, 5.41) is 0. The molecule has 0 saturated heterocycles. The van der Waals surface area contributed by atoms with Gasteiger partial charge < -0.3 is 0 Å². The van der Waals surface area contributed by atoms with Crippen molar-refractivity contribution in [2.75, 3.05) is 18.5 Å². The molecular formula is C6H15Cl3GeNP. The molecule has 0 aliphatic heterocycles. The molecular weight excluding hydrogens is 296 g/mol. The second-order valence-corrected chi connectivity index (χ2v) is 21.7. The van der Waals surface area contributed by atoms with Gasteiger partial charge in [0, 0.05) is 0 Å². The van der Waals surface area contributed by atoms with E-state index in [1.165, 1.54) is 0 Å². The number of hydrogen-bond acceptors (Lipinski definition) is 1. The van der Waals surface area contributed by atoms with Gasteiger partial charge in [0.25, 0.3) is 0 Å². The fraction of sp³-hybridized carbons (Fsp3) is 1.00. The molecule has 0 saturated carbocycles. The van der Waals surface area contributed by atoms with E-state index in [-0.39, 0.29) is 0 Å². The van der Waals surface area contributed by atoms with Crippen LogP contribution in [0.1, 0.15) is 20.8 Å². The molecule has 0 aromatic carbocycles. The normalized spacial score (nSPS) is 13.2. The minimum atomic E-state index is -3.23. The van der Waals surface area contributed by atoms with E-state index in [0.29, 0.717) is 0 Å². The van der Waals surface area contributed by atoms with E-state index < -0.39 is 17.8 Å². The van der Waals surface area contributed by atoms with Gasteiger partial charge in [-0.15, -0.1) is 0 Å². The van der Waals surface area contributed by atoms with Gasteiger partial charge in [0.1, 0.15) is 0 Å². The van der Waals surface area contributed by atoms with Gasteiger partial charge in [-0.25, -0.2) is 0 Å². The van der Waals surface area contributed by atoms with E-state index in [1.807, 2.05) is 0 Å². The monoisotopic (exact) mass is 311 g/mol. The molecule has 0 aromatic rings. The van der Waals surface area contributed by atoms with Gasteiger partial charge in [0.2, 0.25) is 0 Å². The molecule has 0 unspecified atom stereocenters. The van der Waals surface area contributed by atoms with E-state index >= 15 is 0 Å². The van der Waals surface area contributed by atoms with Crippen molar-refractivity contribution >= 4 is 47.8 Å². The van der Waals surface area contributed by atoms with Crippen molar-refractivity contribution in [2.45, 2.75) is 20.8 Å². The first-order chi connectivity index (χ1) is 5.39. The SMILES string of the molecule is CCP(CC)(CC)=[N][Ge]([Cl])([Cl])[Cl]. The molecule has 0 radical (unpaired) electrons. The van der Waals surface area contributed by atoms with Crippen LogP contribution in [0.3, 0.4) is 0 Å². The van der Waals surface area contributed by atoms with Crippen LogP contribution >= 0.6 is 37.1 Å². The van der Waals surface area contributed by atoms with Gasteiger partial charge in [0.05, 0.1) is 0 Å². The maximum absolute atomic E-state index is 5.83. The van der Waals surface area contributed by atoms with Crippen LogP contribution in [0.5, 0.6) is 0 Å². The van der Waals surface area contributed by atoms with Gasteiger partial charge in [-0.2, -0.15) is 0 Å². The van der Waals surface area contributed by atoms with Crippen LogP contribution in [0.4, 0.5) is 0 Å². The van der Waals surface area contributed by atoms with Crippen molar-refractivity contribution in [3.05, 3.63) is 0 Å². The molecule has 0 rings (SSSR count).